The SMILES string of the molecule is Cc1cc(S(C)(=O)=O)ccc1N(CC#Cc1cc2c(N)cccc2n1CC(F)(F)F)C1CCC(N2CC3(COC3)C2)CC1. The third-order valence-corrected chi connectivity index (χ3v) is 10.3. The molecule has 0 unspecified atom stereocenters. The van der Waals surface area contributed by atoms with Gasteiger partial charge in [-0.25, -0.2) is 8.42 Å². The van der Waals surface area contributed by atoms with Crippen LogP contribution in [0.25, 0.3) is 10.9 Å². The fraction of sp³-hybridized carbons (Fsp3) is 0.500. The van der Waals surface area contributed by atoms with E-state index in [1.165, 1.54) is 10.8 Å². The van der Waals surface area contributed by atoms with Crippen molar-refractivity contribution in [3.63, 3.8) is 0 Å². The number of alkyl halides is 3. The molecule has 2 saturated heterocycles. The van der Waals surface area contributed by atoms with Crippen LogP contribution in [0.3, 0.4) is 0 Å². The number of sulfone groups is 1. The van der Waals surface area contributed by atoms with Gasteiger partial charge in [0.2, 0.25) is 0 Å². The highest BCUT2D eigenvalue weighted by molar-refractivity contribution is 7.90. The Morgan fingerprint density at radius 3 is 2.42 bits per heavy atom. The van der Waals surface area contributed by atoms with Crippen molar-refractivity contribution < 1.29 is 26.3 Å². The Bertz CT molecular complexity index is 1690. The van der Waals surface area contributed by atoms with Gasteiger partial charge in [0.15, 0.2) is 9.84 Å². The third kappa shape index (κ3) is 6.10. The molecule has 1 aliphatic carbocycles. The smallest absolute Gasteiger partial charge is 0.398 e. The zero-order valence-corrected chi connectivity index (χ0v) is 25.3. The number of rotatable bonds is 6. The van der Waals surface area contributed by atoms with E-state index < -0.39 is 22.6 Å². The van der Waals surface area contributed by atoms with E-state index in [2.05, 4.69) is 21.6 Å². The molecule has 2 aromatic carbocycles. The van der Waals surface area contributed by atoms with E-state index in [1.54, 1.807) is 36.4 Å². The zero-order valence-electron chi connectivity index (χ0n) is 24.5. The minimum Gasteiger partial charge on any atom is -0.398 e. The standard InChI is InChI=1S/C32H37F3N4O3S/c1-22-15-26(43(2,40)41)12-13-29(22)38(24-10-8-23(9-11-24)37-17-31(18-37)20-42-21-31)14-4-5-25-16-27-28(36)6-3-7-30(27)39(25)19-32(33,34)35/h3,6-7,12-13,15-16,23-24H,8-11,14,17-21,36H2,1-2H3. The molecule has 6 rings (SSSR count). The molecule has 3 fully saturated rings. The molecule has 3 heterocycles. The summed E-state index contributed by atoms with van der Waals surface area (Å²) in [6, 6.07) is 12.4. The zero-order chi connectivity index (χ0) is 30.6. The summed E-state index contributed by atoms with van der Waals surface area (Å²) in [6.07, 6.45) is 0.761. The molecule has 2 N–H and O–H groups in total. The molecule has 1 saturated carbocycles. The van der Waals surface area contributed by atoms with Crippen molar-refractivity contribution in [2.24, 2.45) is 5.41 Å². The van der Waals surface area contributed by atoms with E-state index in [9.17, 15) is 21.6 Å². The van der Waals surface area contributed by atoms with Gasteiger partial charge in [0.1, 0.15) is 6.54 Å². The highest BCUT2D eigenvalue weighted by Crippen LogP contribution is 2.42. The van der Waals surface area contributed by atoms with Gasteiger partial charge >= 0.3 is 6.18 Å². The number of hydrogen-bond acceptors (Lipinski definition) is 6. The Labute approximate surface area is 250 Å². The first-order valence-electron chi connectivity index (χ1n) is 14.6. The second-order valence-electron chi connectivity index (χ2n) is 12.5. The molecule has 11 heteroatoms. The lowest BCUT2D eigenvalue weighted by molar-refractivity contribution is -0.200. The van der Waals surface area contributed by atoms with E-state index in [0.29, 0.717) is 34.6 Å². The Balaban J connectivity index is 1.27. The van der Waals surface area contributed by atoms with Crippen molar-refractivity contribution in [2.75, 3.05) is 49.7 Å². The summed E-state index contributed by atoms with van der Waals surface area (Å²) in [5.74, 6) is 6.18. The van der Waals surface area contributed by atoms with Gasteiger partial charge in [-0.2, -0.15) is 13.2 Å². The average molecular weight is 615 g/mol. The maximum Gasteiger partial charge on any atom is 0.406 e. The highest BCUT2D eigenvalue weighted by Gasteiger charge is 2.51. The molecule has 230 valence electrons. The maximum absolute atomic E-state index is 13.5. The van der Waals surface area contributed by atoms with E-state index in [1.807, 2.05) is 13.0 Å². The number of aromatic nitrogens is 1. The van der Waals surface area contributed by atoms with E-state index in [4.69, 9.17) is 10.5 Å². The lowest BCUT2D eigenvalue weighted by Gasteiger charge is -2.58. The highest BCUT2D eigenvalue weighted by atomic mass is 32.2. The number of nitrogens with zero attached hydrogens (tertiary/aromatic N) is 3. The number of aryl methyl sites for hydroxylation is 1. The number of benzene rings is 2. The number of nitrogens with two attached hydrogens (primary N) is 1. The van der Waals surface area contributed by atoms with Gasteiger partial charge < -0.3 is 19.9 Å². The van der Waals surface area contributed by atoms with Crippen LogP contribution in [0.5, 0.6) is 0 Å². The van der Waals surface area contributed by atoms with Crippen LogP contribution >= 0.6 is 0 Å². The predicted octanol–water partition coefficient (Wildman–Crippen LogP) is 5.00. The quantitative estimate of drug-likeness (QED) is 0.311. The van der Waals surface area contributed by atoms with Gasteiger partial charge in [0.05, 0.1) is 35.9 Å². The fourth-order valence-corrected chi connectivity index (χ4v) is 7.66. The molecule has 0 radical (unpaired) electrons. The Morgan fingerprint density at radius 1 is 1.09 bits per heavy atom. The minimum absolute atomic E-state index is 0.173. The lowest BCUT2D eigenvalue weighted by Crippen LogP contribution is -2.68. The first-order chi connectivity index (χ1) is 20.3. The Kier molecular flexibility index (Phi) is 7.68. The molecule has 1 spiro atoms. The van der Waals surface area contributed by atoms with Crippen LogP contribution in [-0.2, 0) is 21.1 Å². The van der Waals surface area contributed by atoms with Crippen LogP contribution in [0, 0.1) is 24.2 Å². The number of likely N-dealkylation sites (tertiary alicyclic amines) is 1. The van der Waals surface area contributed by atoms with E-state index >= 15 is 0 Å². The number of hydrogen-bond donors (Lipinski definition) is 1. The second-order valence-corrected chi connectivity index (χ2v) is 14.5. The summed E-state index contributed by atoms with van der Waals surface area (Å²) in [5.41, 5.74) is 9.21. The first-order valence-corrected chi connectivity index (χ1v) is 16.5. The summed E-state index contributed by atoms with van der Waals surface area (Å²) in [7, 11) is -3.37. The van der Waals surface area contributed by atoms with Gasteiger partial charge in [-0.05, 0) is 80.5 Å². The maximum atomic E-state index is 13.5. The Morgan fingerprint density at radius 2 is 1.81 bits per heavy atom. The second kappa shape index (κ2) is 11.1. The first kappa shape index (κ1) is 29.9. The molecule has 2 aliphatic heterocycles. The van der Waals surface area contributed by atoms with E-state index in [0.717, 1.165) is 63.2 Å². The molecular formula is C32H37F3N4O3S. The summed E-state index contributed by atoms with van der Waals surface area (Å²) >= 11 is 0. The molecule has 0 atom stereocenters. The molecule has 7 nitrogen and oxygen atoms in total. The number of nitrogen functional groups attached to an aromatic ring is 1. The van der Waals surface area contributed by atoms with Gasteiger partial charge in [-0.1, -0.05) is 12.0 Å². The van der Waals surface area contributed by atoms with Crippen molar-refractivity contribution in [3.05, 3.63) is 53.7 Å². The number of halogens is 3. The topological polar surface area (TPSA) is 80.8 Å². The molecule has 0 amide bonds. The Hall–Kier alpha value is -3.20. The summed E-state index contributed by atoms with van der Waals surface area (Å²) < 4.78 is 71.6. The number of anilines is 2. The van der Waals surface area contributed by atoms with Crippen molar-refractivity contribution in [2.45, 2.75) is 62.3 Å². The van der Waals surface area contributed by atoms with Crippen LogP contribution in [0.15, 0.2) is 47.4 Å². The molecule has 1 aromatic heterocycles. The lowest BCUT2D eigenvalue weighted by atomic mass is 9.75. The summed E-state index contributed by atoms with van der Waals surface area (Å²) in [5, 5.41) is 0.541. The van der Waals surface area contributed by atoms with Crippen LogP contribution in [0.1, 0.15) is 36.9 Å². The van der Waals surface area contributed by atoms with Crippen molar-refractivity contribution >= 4 is 32.1 Å². The van der Waals surface area contributed by atoms with Crippen molar-refractivity contribution in [1.29, 1.82) is 0 Å². The van der Waals surface area contributed by atoms with Crippen LogP contribution in [0.2, 0.25) is 0 Å². The number of fused-ring (bicyclic) bond motifs is 1. The van der Waals surface area contributed by atoms with Gasteiger partial charge in [-0.15, -0.1) is 0 Å². The van der Waals surface area contributed by atoms with Gasteiger partial charge in [0, 0.05) is 53.6 Å². The van der Waals surface area contributed by atoms with Crippen molar-refractivity contribution in [1.82, 2.24) is 9.47 Å². The molecule has 43 heavy (non-hydrogen) atoms. The monoisotopic (exact) mass is 614 g/mol. The van der Waals surface area contributed by atoms with E-state index in [-0.39, 0.29) is 16.6 Å². The minimum atomic E-state index is -4.42. The van der Waals surface area contributed by atoms with Crippen molar-refractivity contribution in [3.8, 4) is 11.8 Å². The van der Waals surface area contributed by atoms with Gasteiger partial charge in [-0.3, -0.25) is 4.90 Å². The predicted molar refractivity (Wildman–Crippen MR) is 162 cm³/mol. The molecule has 3 aromatic rings. The average Bonchev–Trinajstić information content (AvgIpc) is 3.22. The van der Waals surface area contributed by atoms with Gasteiger partial charge in [0.25, 0.3) is 0 Å². The normalized spacial score (nSPS) is 22.1. The van der Waals surface area contributed by atoms with Crippen LogP contribution < -0.4 is 10.6 Å². The number of ether oxygens (including phenoxy) is 1. The summed E-state index contributed by atoms with van der Waals surface area (Å²) in [6.45, 7) is 4.95. The van der Waals surface area contributed by atoms with Crippen LogP contribution in [0.4, 0.5) is 24.5 Å². The largest absolute Gasteiger partial charge is 0.406 e. The summed E-state index contributed by atoms with van der Waals surface area (Å²) in [4.78, 5) is 5.03. The third-order valence-electron chi connectivity index (χ3n) is 9.21. The molecule has 0 bridgehead atoms. The molecular weight excluding hydrogens is 577 g/mol. The van der Waals surface area contributed by atoms with Crippen LogP contribution in [-0.4, -0.2) is 75.2 Å². The molecule has 3 aliphatic rings. The fourth-order valence-electron chi connectivity index (χ4n) is 6.95.